The minimum Gasteiger partial charge on any atom is -0.325 e. The Kier molecular flexibility index (Phi) is 3.41. The van der Waals surface area contributed by atoms with E-state index in [2.05, 4.69) is 4.98 Å². The van der Waals surface area contributed by atoms with Gasteiger partial charge in [0.15, 0.2) is 0 Å². The molecule has 0 bridgehead atoms. The standard InChI is InChI=1S/C7H6Cl2F2N2/c8-4-1-3(2-12)13-6(9)5(4)7(10)11/h1,7H,2,12H2. The predicted molar refractivity (Wildman–Crippen MR) is 47.1 cm³/mol. The molecule has 1 rings (SSSR count). The number of halogens is 4. The maximum atomic E-state index is 12.3. The number of nitrogens with zero attached hydrogens (tertiary/aromatic N) is 1. The van der Waals surface area contributed by atoms with Crippen LogP contribution in [0.25, 0.3) is 0 Å². The van der Waals surface area contributed by atoms with Gasteiger partial charge in [-0.05, 0) is 6.07 Å². The molecule has 0 saturated heterocycles. The van der Waals surface area contributed by atoms with Crippen molar-refractivity contribution >= 4 is 23.2 Å². The van der Waals surface area contributed by atoms with Gasteiger partial charge in [-0.2, -0.15) is 0 Å². The zero-order chi connectivity index (χ0) is 10.0. The van der Waals surface area contributed by atoms with Crippen LogP contribution in [0.15, 0.2) is 6.07 Å². The zero-order valence-electron chi connectivity index (χ0n) is 6.40. The fourth-order valence-electron chi connectivity index (χ4n) is 0.840. The fraction of sp³-hybridized carbons (Fsp3) is 0.286. The van der Waals surface area contributed by atoms with E-state index in [1.54, 1.807) is 0 Å². The van der Waals surface area contributed by atoms with Gasteiger partial charge in [-0.15, -0.1) is 0 Å². The van der Waals surface area contributed by atoms with E-state index >= 15 is 0 Å². The number of hydrogen-bond acceptors (Lipinski definition) is 2. The van der Waals surface area contributed by atoms with Crippen LogP contribution in [0, 0.1) is 0 Å². The van der Waals surface area contributed by atoms with Gasteiger partial charge in [-0.1, -0.05) is 23.2 Å². The summed E-state index contributed by atoms with van der Waals surface area (Å²) in [7, 11) is 0. The minimum atomic E-state index is -2.72. The average Bonchev–Trinajstić information content (AvgIpc) is 2.02. The van der Waals surface area contributed by atoms with Crippen LogP contribution in [0.1, 0.15) is 17.7 Å². The van der Waals surface area contributed by atoms with E-state index < -0.39 is 12.0 Å². The third-order valence-corrected chi connectivity index (χ3v) is 2.04. The lowest BCUT2D eigenvalue weighted by Crippen LogP contribution is -2.02. The maximum Gasteiger partial charge on any atom is 0.268 e. The Morgan fingerprint density at radius 3 is 2.46 bits per heavy atom. The van der Waals surface area contributed by atoms with Crippen molar-refractivity contribution in [1.29, 1.82) is 0 Å². The van der Waals surface area contributed by atoms with Crippen molar-refractivity contribution in [3.05, 3.63) is 27.5 Å². The van der Waals surface area contributed by atoms with Crippen molar-refractivity contribution in [3.63, 3.8) is 0 Å². The third-order valence-electron chi connectivity index (χ3n) is 1.44. The predicted octanol–water partition coefficient (Wildman–Crippen LogP) is 2.78. The van der Waals surface area contributed by atoms with Gasteiger partial charge in [0.25, 0.3) is 6.43 Å². The molecule has 0 amide bonds. The minimum absolute atomic E-state index is 0.101. The van der Waals surface area contributed by atoms with E-state index in [-0.39, 0.29) is 16.7 Å². The Balaban J connectivity index is 3.23. The highest BCUT2D eigenvalue weighted by Gasteiger charge is 2.18. The second-order valence-electron chi connectivity index (χ2n) is 2.30. The van der Waals surface area contributed by atoms with E-state index in [0.29, 0.717) is 5.69 Å². The molecule has 0 unspecified atom stereocenters. The molecule has 2 nitrogen and oxygen atoms in total. The van der Waals surface area contributed by atoms with Gasteiger partial charge >= 0.3 is 0 Å². The molecule has 0 spiro atoms. The molecule has 0 aliphatic heterocycles. The Labute approximate surface area is 83.7 Å². The average molecular weight is 227 g/mol. The topological polar surface area (TPSA) is 38.9 Å². The molecule has 1 aromatic rings. The lowest BCUT2D eigenvalue weighted by Gasteiger charge is -2.06. The highest BCUT2D eigenvalue weighted by Crippen LogP contribution is 2.32. The maximum absolute atomic E-state index is 12.3. The summed E-state index contributed by atoms with van der Waals surface area (Å²) in [4.78, 5) is 3.65. The molecule has 13 heavy (non-hydrogen) atoms. The van der Waals surface area contributed by atoms with Gasteiger partial charge in [0.2, 0.25) is 0 Å². The van der Waals surface area contributed by atoms with Gasteiger partial charge in [-0.3, -0.25) is 0 Å². The van der Waals surface area contributed by atoms with Crippen molar-refractivity contribution in [2.24, 2.45) is 5.73 Å². The first kappa shape index (κ1) is 10.6. The van der Waals surface area contributed by atoms with Crippen LogP contribution in [-0.2, 0) is 6.54 Å². The molecule has 0 atom stereocenters. The summed E-state index contributed by atoms with van der Waals surface area (Å²) in [5.74, 6) is 0. The molecule has 0 radical (unpaired) electrons. The van der Waals surface area contributed by atoms with Crippen molar-refractivity contribution in [3.8, 4) is 0 Å². The summed E-state index contributed by atoms with van der Waals surface area (Å²) in [6.45, 7) is 0.114. The van der Waals surface area contributed by atoms with E-state index in [1.165, 1.54) is 6.07 Å². The second-order valence-corrected chi connectivity index (χ2v) is 3.07. The summed E-state index contributed by atoms with van der Waals surface area (Å²) in [6, 6.07) is 1.29. The summed E-state index contributed by atoms with van der Waals surface area (Å²) >= 11 is 11.0. The zero-order valence-corrected chi connectivity index (χ0v) is 7.91. The van der Waals surface area contributed by atoms with E-state index in [9.17, 15) is 8.78 Å². The second kappa shape index (κ2) is 4.17. The van der Waals surface area contributed by atoms with Crippen molar-refractivity contribution < 1.29 is 8.78 Å². The Bertz CT molecular complexity index is 294. The first-order chi connectivity index (χ1) is 6.06. The van der Waals surface area contributed by atoms with Crippen LogP contribution >= 0.6 is 23.2 Å². The smallest absolute Gasteiger partial charge is 0.268 e. The number of rotatable bonds is 2. The third kappa shape index (κ3) is 2.27. The molecule has 0 aliphatic rings. The van der Waals surface area contributed by atoms with Gasteiger partial charge < -0.3 is 5.73 Å². The van der Waals surface area contributed by atoms with Crippen LogP contribution in [0.5, 0.6) is 0 Å². The highest BCUT2D eigenvalue weighted by atomic mass is 35.5. The monoisotopic (exact) mass is 226 g/mol. The molecular formula is C7H6Cl2F2N2. The van der Waals surface area contributed by atoms with Gasteiger partial charge in [0, 0.05) is 6.54 Å². The fourth-order valence-corrected chi connectivity index (χ4v) is 1.48. The number of nitrogens with two attached hydrogens (primary N) is 1. The van der Waals surface area contributed by atoms with E-state index in [4.69, 9.17) is 28.9 Å². The van der Waals surface area contributed by atoms with Crippen LogP contribution in [0.4, 0.5) is 8.78 Å². The molecule has 0 saturated carbocycles. The SMILES string of the molecule is NCc1cc(Cl)c(C(F)F)c(Cl)n1. The van der Waals surface area contributed by atoms with Crippen LogP contribution in [0.3, 0.4) is 0 Å². The number of alkyl halides is 2. The van der Waals surface area contributed by atoms with Crippen molar-refractivity contribution in [2.75, 3.05) is 0 Å². The quantitative estimate of drug-likeness (QED) is 0.789. The van der Waals surface area contributed by atoms with E-state index in [1.807, 2.05) is 0 Å². The summed E-state index contributed by atoms with van der Waals surface area (Å²) in [6.07, 6.45) is -2.72. The van der Waals surface area contributed by atoms with E-state index in [0.717, 1.165) is 0 Å². The lowest BCUT2D eigenvalue weighted by atomic mass is 10.2. The van der Waals surface area contributed by atoms with Crippen LogP contribution in [-0.4, -0.2) is 4.98 Å². The molecule has 0 aromatic carbocycles. The van der Waals surface area contributed by atoms with Crippen molar-refractivity contribution in [1.82, 2.24) is 4.98 Å². The molecule has 72 valence electrons. The molecule has 1 heterocycles. The first-order valence-electron chi connectivity index (χ1n) is 3.39. The Hall–Kier alpha value is -0.450. The van der Waals surface area contributed by atoms with Crippen LogP contribution < -0.4 is 5.73 Å². The molecule has 6 heteroatoms. The van der Waals surface area contributed by atoms with Gasteiger partial charge in [0.1, 0.15) is 5.15 Å². The first-order valence-corrected chi connectivity index (χ1v) is 4.15. The molecule has 2 N–H and O–H groups in total. The van der Waals surface area contributed by atoms with Crippen molar-refractivity contribution in [2.45, 2.75) is 13.0 Å². The molecule has 1 aromatic heterocycles. The lowest BCUT2D eigenvalue weighted by molar-refractivity contribution is 0.151. The Morgan fingerprint density at radius 1 is 1.46 bits per heavy atom. The molecular weight excluding hydrogens is 221 g/mol. The summed E-state index contributed by atoms with van der Waals surface area (Å²) in [5, 5.41) is -0.390. The molecule has 0 fully saturated rings. The Morgan fingerprint density at radius 2 is 2.08 bits per heavy atom. The number of aromatic nitrogens is 1. The summed E-state index contributed by atoms with van der Waals surface area (Å²) < 4.78 is 24.6. The van der Waals surface area contributed by atoms with Gasteiger partial charge in [0.05, 0.1) is 16.3 Å². The summed E-state index contributed by atoms with van der Waals surface area (Å²) in [5.41, 5.74) is 5.19. The number of hydrogen-bond donors (Lipinski definition) is 1. The highest BCUT2D eigenvalue weighted by molar-refractivity contribution is 6.35. The number of pyridine rings is 1. The van der Waals surface area contributed by atoms with Gasteiger partial charge in [-0.25, -0.2) is 13.8 Å². The normalized spacial score (nSPS) is 10.9. The molecule has 0 aliphatic carbocycles. The van der Waals surface area contributed by atoms with Crippen LogP contribution in [0.2, 0.25) is 10.2 Å². The largest absolute Gasteiger partial charge is 0.325 e.